The summed E-state index contributed by atoms with van der Waals surface area (Å²) in [6.45, 7) is 2.08. The number of benzene rings is 1. The molecule has 0 aliphatic heterocycles. The van der Waals surface area contributed by atoms with Crippen LogP contribution in [0.25, 0.3) is 0 Å². The Bertz CT molecular complexity index is 268. The monoisotopic (exact) mass is 199 g/mol. The highest BCUT2D eigenvalue weighted by atomic mass is 35.5. The van der Waals surface area contributed by atoms with Gasteiger partial charge in [-0.15, -0.1) is 0 Å². The van der Waals surface area contributed by atoms with Crippen molar-refractivity contribution in [2.24, 2.45) is 5.73 Å². The van der Waals surface area contributed by atoms with Gasteiger partial charge in [-0.25, -0.2) is 0 Å². The van der Waals surface area contributed by atoms with Gasteiger partial charge in [-0.3, -0.25) is 0 Å². The van der Waals surface area contributed by atoms with Gasteiger partial charge in [0.25, 0.3) is 0 Å². The summed E-state index contributed by atoms with van der Waals surface area (Å²) in [4.78, 5) is 0. The molecule has 3 heteroatoms. The Labute approximate surface area is 83.3 Å². The van der Waals surface area contributed by atoms with Gasteiger partial charge in [0.2, 0.25) is 0 Å². The molecule has 0 fully saturated rings. The van der Waals surface area contributed by atoms with Crippen LogP contribution in [0.2, 0.25) is 5.02 Å². The molecule has 0 aromatic heterocycles. The van der Waals surface area contributed by atoms with Gasteiger partial charge < -0.3 is 10.8 Å². The van der Waals surface area contributed by atoms with E-state index >= 15 is 0 Å². The fourth-order valence-electron chi connectivity index (χ4n) is 1.28. The summed E-state index contributed by atoms with van der Waals surface area (Å²) in [5.41, 5.74) is 7.90. The number of aliphatic hydroxyl groups excluding tert-OH is 1. The highest BCUT2D eigenvalue weighted by Crippen LogP contribution is 2.20. The predicted molar refractivity (Wildman–Crippen MR) is 54.8 cm³/mol. The Morgan fingerprint density at radius 2 is 2.15 bits per heavy atom. The predicted octanol–water partition coefficient (Wildman–Crippen LogP) is 2.03. The molecule has 0 spiro atoms. The fraction of sp³-hybridized carbons (Fsp3) is 0.400. The van der Waals surface area contributed by atoms with Gasteiger partial charge in [-0.2, -0.15) is 0 Å². The molecule has 1 rings (SSSR count). The van der Waals surface area contributed by atoms with Crippen LogP contribution >= 0.6 is 11.6 Å². The zero-order chi connectivity index (χ0) is 9.84. The van der Waals surface area contributed by atoms with E-state index in [0.717, 1.165) is 11.1 Å². The van der Waals surface area contributed by atoms with Crippen molar-refractivity contribution in [2.75, 3.05) is 6.61 Å². The molecule has 0 radical (unpaired) electrons. The molecule has 72 valence electrons. The van der Waals surface area contributed by atoms with E-state index in [9.17, 15) is 0 Å². The van der Waals surface area contributed by atoms with E-state index in [1.807, 2.05) is 25.1 Å². The Kier molecular flexibility index (Phi) is 3.72. The summed E-state index contributed by atoms with van der Waals surface area (Å²) < 4.78 is 0. The topological polar surface area (TPSA) is 46.2 Å². The standard InChI is InChI=1S/C10H14ClNO/c1-7-4-8(6-9(11)5-7)10(12)2-3-13/h4-6,10,13H,2-3,12H2,1H3. The number of nitrogens with two attached hydrogens (primary N) is 1. The van der Waals surface area contributed by atoms with E-state index in [4.69, 9.17) is 22.4 Å². The molecule has 1 aromatic rings. The summed E-state index contributed by atoms with van der Waals surface area (Å²) in [5.74, 6) is 0. The van der Waals surface area contributed by atoms with Crippen LogP contribution in [0.15, 0.2) is 18.2 Å². The summed E-state index contributed by atoms with van der Waals surface area (Å²) in [6, 6.07) is 5.60. The Balaban J connectivity index is 2.87. The minimum atomic E-state index is -0.123. The number of hydrogen-bond acceptors (Lipinski definition) is 2. The lowest BCUT2D eigenvalue weighted by molar-refractivity contribution is 0.276. The minimum Gasteiger partial charge on any atom is -0.396 e. The Morgan fingerprint density at radius 3 is 2.69 bits per heavy atom. The van der Waals surface area contributed by atoms with Crippen molar-refractivity contribution >= 4 is 11.6 Å². The molecule has 0 amide bonds. The summed E-state index contributed by atoms with van der Waals surface area (Å²) in [7, 11) is 0. The molecular weight excluding hydrogens is 186 g/mol. The van der Waals surface area contributed by atoms with Crippen molar-refractivity contribution < 1.29 is 5.11 Å². The molecule has 2 nitrogen and oxygen atoms in total. The van der Waals surface area contributed by atoms with Crippen LogP contribution in [-0.4, -0.2) is 11.7 Å². The first-order valence-electron chi connectivity index (χ1n) is 4.27. The minimum absolute atomic E-state index is 0.104. The number of aliphatic hydroxyl groups is 1. The first-order chi connectivity index (χ1) is 6.13. The van der Waals surface area contributed by atoms with Crippen LogP contribution in [0, 0.1) is 6.92 Å². The Morgan fingerprint density at radius 1 is 1.46 bits per heavy atom. The molecule has 1 atom stereocenters. The maximum atomic E-state index is 8.72. The lowest BCUT2D eigenvalue weighted by atomic mass is 10.0. The SMILES string of the molecule is Cc1cc(Cl)cc(C(N)CCO)c1. The highest BCUT2D eigenvalue weighted by Gasteiger charge is 2.06. The fourth-order valence-corrected chi connectivity index (χ4v) is 1.58. The molecule has 3 N–H and O–H groups in total. The number of halogens is 1. The van der Waals surface area contributed by atoms with Gasteiger partial charge in [0.1, 0.15) is 0 Å². The second-order valence-electron chi connectivity index (χ2n) is 3.18. The number of rotatable bonds is 3. The lowest BCUT2D eigenvalue weighted by Crippen LogP contribution is -2.11. The van der Waals surface area contributed by atoms with Crippen LogP contribution in [0.1, 0.15) is 23.6 Å². The highest BCUT2D eigenvalue weighted by molar-refractivity contribution is 6.30. The van der Waals surface area contributed by atoms with E-state index in [1.165, 1.54) is 0 Å². The average Bonchev–Trinajstić information content (AvgIpc) is 2.03. The van der Waals surface area contributed by atoms with Crippen LogP contribution in [-0.2, 0) is 0 Å². The second kappa shape index (κ2) is 4.61. The summed E-state index contributed by atoms with van der Waals surface area (Å²) >= 11 is 5.88. The van der Waals surface area contributed by atoms with Crippen LogP contribution < -0.4 is 5.73 Å². The normalized spacial score (nSPS) is 12.9. The van der Waals surface area contributed by atoms with E-state index in [-0.39, 0.29) is 12.6 Å². The molecule has 1 unspecified atom stereocenters. The van der Waals surface area contributed by atoms with Crippen molar-refractivity contribution in [1.82, 2.24) is 0 Å². The largest absolute Gasteiger partial charge is 0.396 e. The van der Waals surface area contributed by atoms with Crippen molar-refractivity contribution in [3.05, 3.63) is 34.3 Å². The number of hydrogen-bond donors (Lipinski definition) is 2. The smallest absolute Gasteiger partial charge is 0.0449 e. The van der Waals surface area contributed by atoms with Crippen molar-refractivity contribution in [3.8, 4) is 0 Å². The van der Waals surface area contributed by atoms with Crippen LogP contribution in [0.3, 0.4) is 0 Å². The van der Waals surface area contributed by atoms with Gasteiger partial charge in [0, 0.05) is 17.7 Å². The molecule has 0 saturated carbocycles. The third-order valence-electron chi connectivity index (χ3n) is 1.93. The number of aryl methyl sites for hydroxylation is 1. The second-order valence-corrected chi connectivity index (χ2v) is 3.62. The average molecular weight is 200 g/mol. The molecule has 0 aliphatic rings. The molecular formula is C10H14ClNO. The van der Waals surface area contributed by atoms with Crippen LogP contribution in [0.5, 0.6) is 0 Å². The zero-order valence-corrected chi connectivity index (χ0v) is 8.38. The molecule has 1 aromatic carbocycles. The van der Waals surface area contributed by atoms with Crippen molar-refractivity contribution in [2.45, 2.75) is 19.4 Å². The van der Waals surface area contributed by atoms with Gasteiger partial charge in [0.05, 0.1) is 0 Å². The first kappa shape index (κ1) is 10.5. The van der Waals surface area contributed by atoms with Gasteiger partial charge in [-0.05, 0) is 36.6 Å². The molecule has 0 bridgehead atoms. The third kappa shape index (κ3) is 2.99. The van der Waals surface area contributed by atoms with E-state index < -0.39 is 0 Å². The first-order valence-corrected chi connectivity index (χ1v) is 4.65. The van der Waals surface area contributed by atoms with E-state index in [2.05, 4.69) is 0 Å². The van der Waals surface area contributed by atoms with E-state index in [0.29, 0.717) is 11.4 Å². The van der Waals surface area contributed by atoms with Crippen LogP contribution in [0.4, 0.5) is 0 Å². The van der Waals surface area contributed by atoms with Gasteiger partial charge in [0.15, 0.2) is 0 Å². The van der Waals surface area contributed by atoms with E-state index in [1.54, 1.807) is 0 Å². The maximum absolute atomic E-state index is 8.72. The summed E-state index contributed by atoms with van der Waals surface area (Å²) in [5, 5.41) is 9.42. The third-order valence-corrected chi connectivity index (χ3v) is 2.15. The summed E-state index contributed by atoms with van der Waals surface area (Å²) in [6.07, 6.45) is 0.569. The molecule has 13 heavy (non-hydrogen) atoms. The molecule has 0 aliphatic carbocycles. The maximum Gasteiger partial charge on any atom is 0.0449 e. The van der Waals surface area contributed by atoms with Crippen molar-refractivity contribution in [3.63, 3.8) is 0 Å². The lowest BCUT2D eigenvalue weighted by Gasteiger charge is -2.11. The van der Waals surface area contributed by atoms with Crippen molar-refractivity contribution in [1.29, 1.82) is 0 Å². The molecule has 0 heterocycles. The Hall–Kier alpha value is -0.570. The van der Waals surface area contributed by atoms with Gasteiger partial charge >= 0.3 is 0 Å². The molecule has 0 saturated heterocycles. The quantitative estimate of drug-likeness (QED) is 0.783. The van der Waals surface area contributed by atoms with Gasteiger partial charge in [-0.1, -0.05) is 17.7 Å². The zero-order valence-electron chi connectivity index (χ0n) is 7.63.